The lowest BCUT2D eigenvalue weighted by atomic mass is 9.98. The van der Waals surface area contributed by atoms with E-state index in [1.807, 2.05) is 0 Å². The van der Waals surface area contributed by atoms with Crippen LogP contribution in [-0.4, -0.2) is 65.9 Å². The maximum Gasteiger partial charge on any atom is 0.395 e. The Kier molecular flexibility index (Phi) is 6.82. The summed E-state index contributed by atoms with van der Waals surface area (Å²) >= 11 is 5.60. The molecule has 0 aliphatic carbocycles. The summed E-state index contributed by atoms with van der Waals surface area (Å²) in [6.45, 7) is -0.795. The minimum atomic E-state index is -4.28. The Bertz CT molecular complexity index is 1050. The Hall–Kier alpha value is -3.09. The number of halogens is 5. The third-order valence-corrected chi connectivity index (χ3v) is 5.96. The van der Waals surface area contributed by atoms with Gasteiger partial charge in [-0.1, -0.05) is 16.7 Å². The Morgan fingerprint density at radius 3 is 2.71 bits per heavy atom. The molecule has 0 unspecified atom stereocenters. The van der Waals surface area contributed by atoms with Gasteiger partial charge in [-0.25, -0.2) is 4.39 Å². The molecular formula is C20H19ClF4N5O4. The summed E-state index contributed by atoms with van der Waals surface area (Å²) in [6.07, 6.45) is -1.68. The Balaban J connectivity index is 1.28. The van der Waals surface area contributed by atoms with Crippen LogP contribution in [0.3, 0.4) is 0 Å². The fourth-order valence-corrected chi connectivity index (χ4v) is 3.88. The zero-order chi connectivity index (χ0) is 24.5. The summed E-state index contributed by atoms with van der Waals surface area (Å²) < 4.78 is 62.2. The van der Waals surface area contributed by atoms with Gasteiger partial charge in [0, 0.05) is 31.7 Å². The van der Waals surface area contributed by atoms with Gasteiger partial charge in [0.05, 0.1) is 10.9 Å². The summed E-state index contributed by atoms with van der Waals surface area (Å²) in [7, 11) is 0. The predicted molar refractivity (Wildman–Crippen MR) is 109 cm³/mol. The van der Waals surface area contributed by atoms with Crippen molar-refractivity contribution < 1.29 is 36.3 Å². The smallest absolute Gasteiger partial charge is 0.395 e. The minimum absolute atomic E-state index is 0.0347. The molecule has 34 heavy (non-hydrogen) atoms. The van der Waals surface area contributed by atoms with Crippen LogP contribution in [0.1, 0.15) is 24.8 Å². The van der Waals surface area contributed by atoms with Crippen molar-refractivity contribution >= 4 is 29.9 Å². The number of rotatable bonds is 7. The fraction of sp³-hybridized carbons (Fsp3) is 0.500. The number of ether oxygens (including phenoxy) is 1. The SMILES string of the molecule is O=[C]N1C[C@@H](NC(=O)COc2ccc(Cl)c(F)c2)CC[C@@H]1c1nnc(N2CC(C(F)(F)F)C2)o1. The van der Waals surface area contributed by atoms with Crippen LogP contribution < -0.4 is 15.0 Å². The highest BCUT2D eigenvalue weighted by Crippen LogP contribution is 2.37. The summed E-state index contributed by atoms with van der Waals surface area (Å²) in [5.41, 5.74) is 0. The number of hydrogen-bond acceptors (Lipinski definition) is 7. The molecule has 0 spiro atoms. The number of hydrogen-bond donors (Lipinski definition) is 1. The van der Waals surface area contributed by atoms with Crippen molar-refractivity contribution in [2.45, 2.75) is 31.1 Å². The standard InChI is InChI=1S/C20H19ClF4N5O4/c21-14-3-2-13(5-15(14)22)33-9-17(32)26-12-1-4-16(30(8-12)10-31)18-27-28-19(34-18)29-6-11(7-29)20(23,24)25/h2-3,5,11-12,16H,1,4,6-9H2,(H,26,32)/t12-,16+/m0/s1. The lowest BCUT2D eigenvalue weighted by molar-refractivity contribution is -0.180. The van der Waals surface area contributed by atoms with Crippen molar-refractivity contribution in [2.24, 2.45) is 5.92 Å². The molecule has 1 N–H and O–H groups in total. The molecule has 2 aliphatic heterocycles. The number of anilines is 1. The third-order valence-electron chi connectivity index (χ3n) is 5.66. The summed E-state index contributed by atoms with van der Waals surface area (Å²) in [6, 6.07) is 2.75. The molecule has 183 valence electrons. The first-order chi connectivity index (χ1) is 16.1. The van der Waals surface area contributed by atoms with Gasteiger partial charge < -0.3 is 24.3 Å². The molecule has 2 atom stereocenters. The van der Waals surface area contributed by atoms with Crippen LogP contribution in [0.5, 0.6) is 5.75 Å². The number of carbonyl (C=O) groups excluding carboxylic acids is 2. The van der Waals surface area contributed by atoms with Crippen molar-refractivity contribution in [1.29, 1.82) is 0 Å². The Labute approximate surface area is 196 Å². The van der Waals surface area contributed by atoms with Gasteiger partial charge in [-0.2, -0.15) is 13.2 Å². The maximum atomic E-state index is 13.4. The van der Waals surface area contributed by atoms with Crippen LogP contribution in [0.15, 0.2) is 22.6 Å². The molecule has 2 saturated heterocycles. The van der Waals surface area contributed by atoms with Gasteiger partial charge in [-0.15, -0.1) is 5.10 Å². The van der Waals surface area contributed by atoms with E-state index in [0.717, 1.165) is 6.07 Å². The fourth-order valence-electron chi connectivity index (χ4n) is 3.76. The van der Waals surface area contributed by atoms with Gasteiger partial charge in [-0.3, -0.25) is 9.59 Å². The number of nitrogens with one attached hydrogen (secondary N) is 1. The van der Waals surface area contributed by atoms with E-state index in [2.05, 4.69) is 15.5 Å². The van der Waals surface area contributed by atoms with Crippen LogP contribution in [0.2, 0.25) is 5.02 Å². The zero-order valence-electron chi connectivity index (χ0n) is 17.5. The largest absolute Gasteiger partial charge is 0.484 e. The van der Waals surface area contributed by atoms with Crippen LogP contribution in [-0.2, 0) is 9.59 Å². The molecular weight excluding hydrogens is 486 g/mol. The average Bonchev–Trinajstić information content (AvgIpc) is 3.21. The van der Waals surface area contributed by atoms with E-state index >= 15 is 0 Å². The third kappa shape index (κ3) is 5.34. The predicted octanol–water partition coefficient (Wildman–Crippen LogP) is 2.63. The number of nitrogens with zero attached hydrogens (tertiary/aromatic N) is 4. The number of piperidine rings is 1. The van der Waals surface area contributed by atoms with E-state index < -0.39 is 35.9 Å². The molecule has 1 aromatic heterocycles. The van der Waals surface area contributed by atoms with Gasteiger partial charge in [0.1, 0.15) is 17.6 Å². The molecule has 0 bridgehead atoms. The Morgan fingerprint density at radius 1 is 1.26 bits per heavy atom. The van der Waals surface area contributed by atoms with Crippen molar-refractivity contribution in [1.82, 2.24) is 20.4 Å². The normalized spacial score (nSPS) is 21.2. The van der Waals surface area contributed by atoms with Gasteiger partial charge >= 0.3 is 18.6 Å². The van der Waals surface area contributed by atoms with Crippen molar-refractivity contribution in [2.75, 3.05) is 31.1 Å². The molecule has 2 amide bonds. The molecule has 1 radical (unpaired) electrons. The second-order valence-corrected chi connectivity index (χ2v) is 8.44. The van der Waals surface area contributed by atoms with Crippen LogP contribution in [0.25, 0.3) is 0 Å². The second kappa shape index (κ2) is 9.65. The molecule has 2 aliphatic rings. The minimum Gasteiger partial charge on any atom is -0.484 e. The zero-order valence-corrected chi connectivity index (χ0v) is 18.3. The summed E-state index contributed by atoms with van der Waals surface area (Å²) in [5.74, 6) is -2.36. The van der Waals surface area contributed by atoms with E-state index in [1.165, 1.54) is 21.9 Å². The molecule has 9 nitrogen and oxygen atoms in total. The lowest BCUT2D eigenvalue weighted by Gasteiger charge is -2.38. The highest BCUT2D eigenvalue weighted by molar-refractivity contribution is 6.30. The van der Waals surface area contributed by atoms with Gasteiger partial charge in [0.2, 0.25) is 5.89 Å². The quantitative estimate of drug-likeness (QED) is 0.578. The first-order valence-corrected chi connectivity index (χ1v) is 10.7. The van der Waals surface area contributed by atoms with Crippen molar-refractivity contribution in [3.8, 4) is 5.75 Å². The first kappa shape index (κ1) is 24.0. The number of alkyl halides is 3. The monoisotopic (exact) mass is 504 g/mol. The maximum absolute atomic E-state index is 13.4. The first-order valence-electron chi connectivity index (χ1n) is 10.3. The van der Waals surface area contributed by atoms with Crippen LogP contribution >= 0.6 is 11.6 Å². The molecule has 2 fully saturated rings. The number of amides is 2. The summed E-state index contributed by atoms with van der Waals surface area (Å²) in [4.78, 5) is 26.3. The summed E-state index contributed by atoms with van der Waals surface area (Å²) in [5, 5.41) is 10.3. The molecule has 1 aromatic carbocycles. The van der Waals surface area contributed by atoms with Crippen molar-refractivity contribution in [3.63, 3.8) is 0 Å². The lowest BCUT2D eigenvalue weighted by Crippen LogP contribution is -2.53. The van der Waals surface area contributed by atoms with E-state index in [1.54, 1.807) is 6.41 Å². The van der Waals surface area contributed by atoms with E-state index in [9.17, 15) is 27.2 Å². The van der Waals surface area contributed by atoms with E-state index in [0.29, 0.717) is 12.8 Å². The Morgan fingerprint density at radius 2 is 2.03 bits per heavy atom. The number of likely N-dealkylation sites (tertiary alicyclic amines) is 1. The van der Waals surface area contributed by atoms with E-state index in [-0.39, 0.29) is 48.9 Å². The average molecular weight is 505 g/mol. The van der Waals surface area contributed by atoms with Crippen molar-refractivity contribution in [3.05, 3.63) is 34.9 Å². The van der Waals surface area contributed by atoms with Gasteiger partial charge in [-0.05, 0) is 25.0 Å². The molecule has 2 aromatic rings. The number of benzene rings is 1. The van der Waals surface area contributed by atoms with Gasteiger partial charge in [0.25, 0.3) is 5.91 Å². The van der Waals surface area contributed by atoms with E-state index in [4.69, 9.17) is 20.8 Å². The highest BCUT2D eigenvalue weighted by Gasteiger charge is 2.48. The van der Waals surface area contributed by atoms with Crippen LogP contribution in [0.4, 0.5) is 23.6 Å². The molecule has 4 rings (SSSR count). The highest BCUT2D eigenvalue weighted by atomic mass is 35.5. The molecule has 0 saturated carbocycles. The van der Waals surface area contributed by atoms with Gasteiger partial charge in [0.15, 0.2) is 6.61 Å². The topological polar surface area (TPSA) is 101 Å². The second-order valence-electron chi connectivity index (χ2n) is 8.03. The van der Waals surface area contributed by atoms with Crippen LogP contribution in [0, 0.1) is 11.7 Å². The number of carbonyl (C=O) groups is 1. The number of aromatic nitrogens is 2. The molecule has 14 heteroatoms. The molecule has 3 heterocycles.